The predicted molar refractivity (Wildman–Crippen MR) is 137 cm³/mol. The van der Waals surface area contributed by atoms with Gasteiger partial charge in [0, 0.05) is 16.5 Å². The van der Waals surface area contributed by atoms with E-state index in [2.05, 4.69) is 33.9 Å². The van der Waals surface area contributed by atoms with E-state index in [0.717, 1.165) is 16.1 Å². The zero-order valence-corrected chi connectivity index (χ0v) is 21.9. The average molecular weight is 497 g/mol. The number of carboxylic acid groups (broad SMARTS) is 1. The highest BCUT2D eigenvalue weighted by Gasteiger charge is 2.44. The van der Waals surface area contributed by atoms with E-state index in [-0.39, 0.29) is 34.9 Å². The van der Waals surface area contributed by atoms with E-state index >= 15 is 0 Å². The molecule has 0 saturated carbocycles. The Morgan fingerprint density at radius 1 is 1.20 bits per heavy atom. The zero-order chi connectivity index (χ0) is 26.1. The standard InChI is InChI=1S/C26H32N2O6Si/c1-7-26(34,24(32)33)18-11-20-21-16(12-28(20)23(31)17(18)13-29)22(35(5,6)25(2,3)4)15-10-14(30)8-9-19(15)27-21/h8-11,29-30,34H,7,12-13H2,1-6H3,(H,32,33)/t26-/m0/s1. The van der Waals surface area contributed by atoms with E-state index in [0.29, 0.717) is 16.9 Å². The first kappa shape index (κ1) is 25.1. The fraction of sp³-hybridized carbons (Fsp3) is 0.423. The van der Waals surface area contributed by atoms with Crippen molar-refractivity contribution in [2.45, 2.75) is 71.0 Å². The van der Waals surface area contributed by atoms with Crippen LogP contribution in [0.2, 0.25) is 18.1 Å². The van der Waals surface area contributed by atoms with Crippen molar-refractivity contribution in [2.24, 2.45) is 0 Å². The van der Waals surface area contributed by atoms with Crippen LogP contribution in [0.15, 0.2) is 29.1 Å². The highest BCUT2D eigenvalue weighted by atomic mass is 28.3. The number of aromatic hydroxyl groups is 1. The largest absolute Gasteiger partial charge is 0.508 e. The maximum Gasteiger partial charge on any atom is 0.340 e. The van der Waals surface area contributed by atoms with E-state index in [1.54, 1.807) is 18.2 Å². The van der Waals surface area contributed by atoms with Gasteiger partial charge in [0.25, 0.3) is 5.56 Å². The van der Waals surface area contributed by atoms with Crippen molar-refractivity contribution in [1.29, 1.82) is 0 Å². The summed E-state index contributed by atoms with van der Waals surface area (Å²) in [4.78, 5) is 30.4. The molecule has 9 heteroatoms. The molecule has 1 atom stereocenters. The van der Waals surface area contributed by atoms with E-state index in [9.17, 15) is 30.0 Å². The smallest absolute Gasteiger partial charge is 0.340 e. The van der Waals surface area contributed by atoms with Crippen molar-refractivity contribution in [3.05, 3.63) is 51.3 Å². The monoisotopic (exact) mass is 496 g/mol. The number of fused-ring (bicyclic) bond motifs is 4. The minimum Gasteiger partial charge on any atom is -0.508 e. The van der Waals surface area contributed by atoms with Gasteiger partial charge in [0.1, 0.15) is 5.75 Å². The fourth-order valence-electron chi connectivity index (χ4n) is 4.92. The summed E-state index contributed by atoms with van der Waals surface area (Å²) in [6, 6.07) is 6.52. The van der Waals surface area contributed by atoms with Crippen LogP contribution in [0.4, 0.5) is 0 Å². The Bertz CT molecular complexity index is 1440. The molecule has 35 heavy (non-hydrogen) atoms. The lowest BCUT2D eigenvalue weighted by Crippen LogP contribution is -2.51. The number of aliphatic hydroxyl groups excluding tert-OH is 1. The molecule has 2 aromatic heterocycles. The lowest BCUT2D eigenvalue weighted by atomic mass is 9.87. The van der Waals surface area contributed by atoms with Gasteiger partial charge in [-0.1, -0.05) is 40.8 Å². The molecule has 1 aliphatic rings. The van der Waals surface area contributed by atoms with Gasteiger partial charge >= 0.3 is 5.97 Å². The maximum atomic E-state index is 13.5. The summed E-state index contributed by atoms with van der Waals surface area (Å²) in [6.07, 6.45) is -0.176. The van der Waals surface area contributed by atoms with Crippen LogP contribution in [0.25, 0.3) is 22.3 Å². The molecule has 0 amide bonds. The van der Waals surface area contributed by atoms with Gasteiger partial charge in [-0.15, -0.1) is 0 Å². The van der Waals surface area contributed by atoms with Crippen molar-refractivity contribution in [2.75, 3.05) is 0 Å². The molecule has 1 aliphatic heterocycles. The lowest BCUT2D eigenvalue weighted by Gasteiger charge is -2.39. The Balaban J connectivity index is 2.15. The Kier molecular flexibility index (Phi) is 5.74. The third kappa shape index (κ3) is 3.52. The van der Waals surface area contributed by atoms with E-state index in [4.69, 9.17) is 4.98 Å². The van der Waals surface area contributed by atoms with Crippen molar-refractivity contribution >= 4 is 30.1 Å². The number of pyridine rings is 2. The van der Waals surface area contributed by atoms with Crippen LogP contribution < -0.4 is 10.7 Å². The Hall–Kier alpha value is -3.01. The second-order valence-electron chi connectivity index (χ2n) is 10.9. The molecule has 0 aliphatic carbocycles. The highest BCUT2D eigenvalue weighted by molar-refractivity contribution is 6.94. The molecule has 1 aromatic carbocycles. The summed E-state index contributed by atoms with van der Waals surface area (Å²) >= 11 is 0. The van der Waals surface area contributed by atoms with Crippen LogP contribution in [-0.2, 0) is 23.5 Å². The normalized spacial score (nSPS) is 15.1. The number of carboxylic acids is 1. The number of phenolic OH excluding ortho intramolecular Hbond substituents is 1. The molecule has 8 nitrogen and oxygen atoms in total. The molecule has 0 bridgehead atoms. The molecule has 0 unspecified atom stereocenters. The number of phenols is 1. The fourth-order valence-corrected chi connectivity index (χ4v) is 7.50. The van der Waals surface area contributed by atoms with Gasteiger partial charge in [0.05, 0.1) is 38.1 Å². The Morgan fingerprint density at radius 2 is 1.86 bits per heavy atom. The summed E-state index contributed by atoms with van der Waals surface area (Å²) in [5.74, 6) is -1.35. The second-order valence-corrected chi connectivity index (χ2v) is 16.1. The molecule has 3 heterocycles. The van der Waals surface area contributed by atoms with E-state index < -0.39 is 31.8 Å². The number of aliphatic hydroxyl groups is 2. The van der Waals surface area contributed by atoms with Gasteiger partial charge in [-0.25, -0.2) is 9.78 Å². The van der Waals surface area contributed by atoms with Gasteiger partial charge in [-0.05, 0) is 46.5 Å². The molecule has 186 valence electrons. The molecule has 0 fully saturated rings. The van der Waals surface area contributed by atoms with Gasteiger partial charge in [0.15, 0.2) is 5.60 Å². The van der Waals surface area contributed by atoms with Crippen LogP contribution in [0.5, 0.6) is 5.75 Å². The molecule has 0 spiro atoms. The lowest BCUT2D eigenvalue weighted by molar-refractivity contribution is -0.160. The molecule has 4 N–H and O–H groups in total. The van der Waals surface area contributed by atoms with Gasteiger partial charge in [-0.3, -0.25) is 4.79 Å². The second kappa shape index (κ2) is 8.01. The number of hydrogen-bond donors (Lipinski definition) is 4. The molecule has 0 radical (unpaired) electrons. The summed E-state index contributed by atoms with van der Waals surface area (Å²) in [5, 5.41) is 42.9. The quantitative estimate of drug-likeness (QED) is 0.312. The maximum absolute atomic E-state index is 13.5. The van der Waals surface area contributed by atoms with Crippen LogP contribution in [-0.4, -0.2) is 44.0 Å². The Labute approximate surface area is 204 Å². The SMILES string of the molecule is CC[C@@](O)(C(=O)O)c1cc2n(c(=O)c1CO)Cc1c-2nc2ccc(O)cc2c1[Si](C)(C)C(C)(C)C. The number of carbonyl (C=O) groups is 1. The topological polar surface area (TPSA) is 133 Å². The predicted octanol–water partition coefficient (Wildman–Crippen LogP) is 3.02. The third-order valence-electron chi connectivity index (χ3n) is 8.00. The van der Waals surface area contributed by atoms with Gasteiger partial charge in [-0.2, -0.15) is 0 Å². The first-order valence-corrected chi connectivity index (χ1v) is 14.7. The summed E-state index contributed by atoms with van der Waals surface area (Å²) in [7, 11) is -2.24. The van der Waals surface area contributed by atoms with Crippen LogP contribution in [0, 0.1) is 0 Å². The third-order valence-corrected chi connectivity index (χ3v) is 13.6. The summed E-state index contributed by atoms with van der Waals surface area (Å²) in [5.41, 5.74) is -0.595. The molecular weight excluding hydrogens is 464 g/mol. The van der Waals surface area contributed by atoms with Crippen molar-refractivity contribution < 1.29 is 25.2 Å². The zero-order valence-electron chi connectivity index (χ0n) is 20.9. The minimum absolute atomic E-state index is 0.0621. The first-order chi connectivity index (χ1) is 16.2. The van der Waals surface area contributed by atoms with Crippen molar-refractivity contribution in [3.63, 3.8) is 0 Å². The number of benzene rings is 1. The van der Waals surface area contributed by atoms with Gasteiger partial charge < -0.3 is 25.0 Å². The van der Waals surface area contributed by atoms with Crippen LogP contribution in [0.1, 0.15) is 50.8 Å². The van der Waals surface area contributed by atoms with Gasteiger partial charge in [0.2, 0.25) is 0 Å². The van der Waals surface area contributed by atoms with Crippen molar-refractivity contribution in [1.82, 2.24) is 9.55 Å². The number of aliphatic carboxylic acids is 1. The minimum atomic E-state index is -2.32. The van der Waals surface area contributed by atoms with Crippen LogP contribution in [0.3, 0.4) is 0 Å². The molecule has 3 aromatic rings. The Morgan fingerprint density at radius 3 is 2.40 bits per heavy atom. The molecule has 4 rings (SSSR count). The van der Waals surface area contributed by atoms with E-state index in [1.807, 2.05) is 0 Å². The number of rotatable bonds is 5. The summed E-state index contributed by atoms with van der Waals surface area (Å²) < 4.78 is 1.50. The first-order valence-electron chi connectivity index (χ1n) is 11.7. The summed E-state index contributed by atoms with van der Waals surface area (Å²) in [6.45, 7) is 12.1. The number of nitrogens with zero attached hydrogens (tertiary/aromatic N) is 2. The average Bonchev–Trinajstić information content (AvgIpc) is 3.14. The number of aromatic nitrogens is 2. The number of hydrogen-bond acceptors (Lipinski definition) is 6. The highest BCUT2D eigenvalue weighted by Crippen LogP contribution is 2.42. The molecular formula is C26H32N2O6Si. The van der Waals surface area contributed by atoms with Crippen LogP contribution >= 0.6 is 0 Å². The van der Waals surface area contributed by atoms with Crippen molar-refractivity contribution in [3.8, 4) is 17.1 Å². The molecule has 0 saturated heterocycles. The van der Waals surface area contributed by atoms with E-state index in [1.165, 1.54) is 17.6 Å².